The molecule has 1 saturated carbocycles. The summed E-state index contributed by atoms with van der Waals surface area (Å²) in [5, 5.41) is 4.13. The van der Waals surface area contributed by atoms with Crippen LogP contribution < -0.4 is 5.32 Å². The zero-order chi connectivity index (χ0) is 21.1. The number of carbonyl (C=O) groups excluding carboxylic acids is 2. The van der Waals surface area contributed by atoms with E-state index in [1.165, 1.54) is 4.90 Å². The van der Waals surface area contributed by atoms with E-state index < -0.39 is 5.54 Å². The summed E-state index contributed by atoms with van der Waals surface area (Å²) in [6.45, 7) is 0. The third-order valence-electron chi connectivity index (χ3n) is 5.89. The lowest BCUT2D eigenvalue weighted by molar-refractivity contribution is -0.142. The maximum Gasteiger partial charge on any atom is 0.259 e. The molecule has 0 bridgehead atoms. The van der Waals surface area contributed by atoms with E-state index in [-0.39, 0.29) is 24.3 Å². The van der Waals surface area contributed by atoms with Crippen molar-refractivity contribution in [2.45, 2.75) is 50.1 Å². The highest BCUT2D eigenvalue weighted by atomic mass is 35.5. The molecule has 2 fully saturated rings. The fraction of sp³-hybridized carbons (Fsp3) is 0.333. The highest BCUT2D eigenvalue weighted by Crippen LogP contribution is 2.36. The predicted molar refractivity (Wildman–Crippen MR) is 122 cm³/mol. The first kappa shape index (κ1) is 21.0. The molecule has 0 spiro atoms. The van der Waals surface area contributed by atoms with Crippen LogP contribution in [0.3, 0.4) is 0 Å². The van der Waals surface area contributed by atoms with E-state index in [0.29, 0.717) is 15.7 Å². The molecule has 2 aromatic carbocycles. The van der Waals surface area contributed by atoms with E-state index >= 15 is 0 Å². The second-order valence-corrected chi connectivity index (χ2v) is 8.82. The molecule has 1 aliphatic carbocycles. The van der Waals surface area contributed by atoms with Crippen molar-refractivity contribution in [1.82, 2.24) is 4.90 Å². The zero-order valence-corrected chi connectivity index (χ0v) is 18.1. The van der Waals surface area contributed by atoms with Crippen LogP contribution in [-0.2, 0) is 9.59 Å². The van der Waals surface area contributed by atoms with Crippen molar-refractivity contribution < 1.29 is 9.59 Å². The van der Waals surface area contributed by atoms with E-state index in [2.05, 4.69) is 5.32 Å². The van der Waals surface area contributed by atoms with Crippen molar-refractivity contribution >= 4 is 46.8 Å². The van der Waals surface area contributed by atoms with E-state index in [4.69, 9.17) is 23.2 Å². The van der Waals surface area contributed by atoms with Gasteiger partial charge in [0.2, 0.25) is 5.91 Å². The Hall–Kier alpha value is -2.30. The van der Waals surface area contributed by atoms with Gasteiger partial charge in [-0.3, -0.25) is 14.5 Å². The summed E-state index contributed by atoms with van der Waals surface area (Å²) in [7, 11) is 0. The summed E-state index contributed by atoms with van der Waals surface area (Å²) >= 11 is 12.2. The van der Waals surface area contributed by atoms with Crippen LogP contribution in [0.4, 0.5) is 5.69 Å². The number of carbonyl (C=O) groups is 2. The van der Waals surface area contributed by atoms with Crippen LogP contribution in [0.1, 0.15) is 44.1 Å². The molecule has 4 rings (SSSR count). The summed E-state index contributed by atoms with van der Waals surface area (Å²) < 4.78 is 0. The molecule has 1 atom stereocenters. The summed E-state index contributed by atoms with van der Waals surface area (Å²) in [5.74, 6) is -0.324. The number of nitrogens with zero attached hydrogens (tertiary/aromatic N) is 1. The van der Waals surface area contributed by atoms with Crippen LogP contribution in [0.25, 0.3) is 6.08 Å². The van der Waals surface area contributed by atoms with Gasteiger partial charge in [-0.1, -0.05) is 78.9 Å². The van der Waals surface area contributed by atoms with Gasteiger partial charge < -0.3 is 5.32 Å². The summed E-state index contributed by atoms with van der Waals surface area (Å²) in [4.78, 5) is 28.2. The molecule has 156 valence electrons. The second kappa shape index (κ2) is 8.83. The highest BCUT2D eigenvalue weighted by Gasteiger charge is 2.52. The average molecular weight is 443 g/mol. The van der Waals surface area contributed by atoms with Gasteiger partial charge in [-0.25, -0.2) is 0 Å². The SMILES string of the molecule is O=C1CC(C=Cc2ccccc2)(Nc2ccc(Cl)c(Cl)c2)C(=O)N1C1CCCCC1. The molecule has 2 aromatic rings. The first-order valence-electron chi connectivity index (χ1n) is 10.3. The molecule has 30 heavy (non-hydrogen) atoms. The predicted octanol–water partition coefficient (Wildman–Crippen LogP) is 5.95. The second-order valence-electron chi connectivity index (χ2n) is 8.01. The van der Waals surface area contributed by atoms with Gasteiger partial charge >= 0.3 is 0 Å². The molecule has 0 radical (unpaired) electrons. The monoisotopic (exact) mass is 442 g/mol. The van der Waals surface area contributed by atoms with Crippen LogP contribution in [0.5, 0.6) is 0 Å². The van der Waals surface area contributed by atoms with E-state index in [9.17, 15) is 9.59 Å². The molecule has 1 heterocycles. The number of imide groups is 1. The van der Waals surface area contributed by atoms with Gasteiger partial charge in [0, 0.05) is 11.7 Å². The molecular weight excluding hydrogens is 419 g/mol. The normalized spacial score (nSPS) is 22.8. The number of hydrogen-bond acceptors (Lipinski definition) is 3. The Morgan fingerprint density at radius 3 is 2.40 bits per heavy atom. The van der Waals surface area contributed by atoms with Gasteiger partial charge in [0.15, 0.2) is 0 Å². The van der Waals surface area contributed by atoms with Crippen LogP contribution >= 0.6 is 23.2 Å². The maximum absolute atomic E-state index is 13.6. The van der Waals surface area contributed by atoms with E-state index in [1.807, 2.05) is 42.5 Å². The standard InChI is InChI=1S/C24H24Cl2N2O2/c25-20-12-11-18(15-21(20)26)27-24(14-13-17-7-3-1-4-8-17)16-22(29)28(23(24)30)19-9-5-2-6-10-19/h1,3-4,7-8,11-15,19,27H,2,5-6,9-10,16H2. The number of hydrogen-bond donors (Lipinski definition) is 1. The number of benzene rings is 2. The van der Waals surface area contributed by atoms with Gasteiger partial charge in [-0.2, -0.15) is 0 Å². The minimum atomic E-state index is -1.15. The first-order chi connectivity index (χ1) is 14.5. The molecule has 0 aromatic heterocycles. The first-order valence-corrected chi connectivity index (χ1v) is 11.1. The number of likely N-dealkylation sites (tertiary alicyclic amines) is 1. The summed E-state index contributed by atoms with van der Waals surface area (Å²) in [6, 6.07) is 14.9. The highest BCUT2D eigenvalue weighted by molar-refractivity contribution is 6.42. The Bertz CT molecular complexity index is 970. The number of halogens is 2. The molecule has 6 heteroatoms. The Balaban J connectivity index is 1.69. The fourth-order valence-corrected chi connectivity index (χ4v) is 4.64. The minimum absolute atomic E-state index is 0.0126. The largest absolute Gasteiger partial charge is 0.368 e. The topological polar surface area (TPSA) is 49.4 Å². The molecular formula is C24H24Cl2N2O2. The molecule has 2 amide bonds. The summed E-state index contributed by atoms with van der Waals surface area (Å²) in [6.07, 6.45) is 8.79. The molecule has 4 nitrogen and oxygen atoms in total. The van der Waals surface area contributed by atoms with Crippen molar-refractivity contribution in [3.63, 3.8) is 0 Å². The van der Waals surface area contributed by atoms with Crippen LogP contribution in [0.2, 0.25) is 10.0 Å². The van der Waals surface area contributed by atoms with Crippen molar-refractivity contribution in [3.05, 3.63) is 70.2 Å². The van der Waals surface area contributed by atoms with Gasteiger partial charge in [0.05, 0.1) is 16.5 Å². The lowest BCUT2D eigenvalue weighted by Gasteiger charge is -2.32. The maximum atomic E-state index is 13.6. The van der Waals surface area contributed by atoms with E-state index in [0.717, 1.165) is 37.7 Å². The van der Waals surface area contributed by atoms with Crippen molar-refractivity contribution in [2.75, 3.05) is 5.32 Å². The van der Waals surface area contributed by atoms with Crippen molar-refractivity contribution in [3.8, 4) is 0 Å². The Kier molecular flexibility index (Phi) is 6.16. The van der Waals surface area contributed by atoms with Gasteiger partial charge in [-0.15, -0.1) is 0 Å². The average Bonchev–Trinajstić information content (AvgIpc) is 3.00. The van der Waals surface area contributed by atoms with Crippen molar-refractivity contribution in [1.29, 1.82) is 0 Å². The number of rotatable bonds is 5. The van der Waals surface area contributed by atoms with Crippen molar-refractivity contribution in [2.24, 2.45) is 0 Å². The molecule has 1 N–H and O–H groups in total. The number of amides is 2. The van der Waals surface area contributed by atoms with Crippen LogP contribution in [0, 0.1) is 0 Å². The molecule has 2 aliphatic rings. The molecule has 1 unspecified atom stereocenters. The molecule has 1 saturated heterocycles. The Morgan fingerprint density at radius 2 is 1.70 bits per heavy atom. The minimum Gasteiger partial charge on any atom is -0.368 e. The van der Waals surface area contributed by atoms with Crippen LogP contribution in [0.15, 0.2) is 54.6 Å². The number of nitrogens with one attached hydrogen (secondary N) is 1. The molecule has 1 aliphatic heterocycles. The zero-order valence-electron chi connectivity index (χ0n) is 16.6. The third kappa shape index (κ3) is 4.26. The third-order valence-corrected chi connectivity index (χ3v) is 6.62. The van der Waals surface area contributed by atoms with Gasteiger partial charge in [0.25, 0.3) is 5.91 Å². The summed E-state index contributed by atoms with van der Waals surface area (Å²) in [5.41, 5.74) is 0.458. The van der Waals surface area contributed by atoms with E-state index in [1.54, 1.807) is 18.2 Å². The fourth-order valence-electron chi connectivity index (χ4n) is 4.34. The van der Waals surface area contributed by atoms with Crippen LogP contribution in [-0.4, -0.2) is 28.3 Å². The Morgan fingerprint density at radius 1 is 0.967 bits per heavy atom. The van der Waals surface area contributed by atoms with Gasteiger partial charge in [-0.05, 0) is 42.7 Å². The smallest absolute Gasteiger partial charge is 0.259 e. The number of anilines is 1. The Labute approximate surface area is 186 Å². The lowest BCUT2D eigenvalue weighted by atomic mass is 9.93. The van der Waals surface area contributed by atoms with Gasteiger partial charge in [0.1, 0.15) is 5.54 Å². The quantitative estimate of drug-likeness (QED) is 0.581. The lowest BCUT2D eigenvalue weighted by Crippen LogP contribution is -2.48.